The van der Waals surface area contributed by atoms with Crippen molar-refractivity contribution in [2.45, 2.75) is 24.5 Å². The number of rotatable bonds is 4. The lowest BCUT2D eigenvalue weighted by atomic mass is 10.1. The van der Waals surface area contributed by atoms with Crippen LogP contribution < -0.4 is 0 Å². The Labute approximate surface area is 104 Å². The van der Waals surface area contributed by atoms with Gasteiger partial charge in [0.2, 0.25) is 0 Å². The van der Waals surface area contributed by atoms with Gasteiger partial charge in [-0.2, -0.15) is 5.26 Å². The normalized spacial score (nSPS) is 13.7. The summed E-state index contributed by atoms with van der Waals surface area (Å²) in [4.78, 5) is 11.0. The molecule has 0 radical (unpaired) electrons. The van der Waals surface area contributed by atoms with Crippen molar-refractivity contribution in [2.24, 2.45) is 0 Å². The van der Waals surface area contributed by atoms with Gasteiger partial charge in [-0.25, -0.2) is 0 Å². The lowest BCUT2D eigenvalue weighted by Gasteiger charge is -2.19. The summed E-state index contributed by atoms with van der Waals surface area (Å²) in [6, 6.07) is 2.18. The van der Waals surface area contributed by atoms with Crippen LogP contribution >= 0.6 is 35.7 Å². The summed E-state index contributed by atoms with van der Waals surface area (Å²) in [5, 5.41) is 9.02. The van der Waals surface area contributed by atoms with Gasteiger partial charge in [-0.3, -0.25) is 4.79 Å². The molecule has 0 heterocycles. The fraction of sp³-hybridized carbons (Fsp3) is 0.667. The van der Waals surface area contributed by atoms with E-state index in [1.165, 1.54) is 30.6 Å². The minimum Gasteiger partial charge on any atom is -0.469 e. The van der Waals surface area contributed by atoms with Gasteiger partial charge in [-0.05, 0) is 19.6 Å². The Hall–Kier alpha value is -0.250. The number of carbonyl (C=O) groups is 1. The van der Waals surface area contributed by atoms with Crippen molar-refractivity contribution in [3.8, 4) is 6.07 Å². The molecule has 84 valence electrons. The molecule has 0 aliphatic rings. The van der Waals surface area contributed by atoms with Crippen LogP contribution in [-0.4, -0.2) is 27.6 Å². The zero-order chi connectivity index (χ0) is 11.9. The van der Waals surface area contributed by atoms with E-state index in [1.54, 1.807) is 6.92 Å². The molecule has 0 spiro atoms. The number of nitriles is 1. The third kappa shape index (κ3) is 6.03. The van der Waals surface area contributed by atoms with Gasteiger partial charge in [-0.1, -0.05) is 24.0 Å². The van der Waals surface area contributed by atoms with Crippen LogP contribution in [0.4, 0.5) is 0 Å². The quantitative estimate of drug-likeness (QED) is 0.574. The van der Waals surface area contributed by atoms with Crippen LogP contribution in [0.25, 0.3) is 0 Å². The maximum Gasteiger partial charge on any atom is 0.305 e. The minimum atomic E-state index is -0.645. The van der Waals surface area contributed by atoms with E-state index in [2.05, 4.69) is 10.8 Å². The predicted molar refractivity (Wildman–Crippen MR) is 69.0 cm³/mol. The third-order valence-electron chi connectivity index (χ3n) is 1.75. The fourth-order valence-electron chi connectivity index (χ4n) is 0.798. The molecular weight excluding hydrogens is 250 g/mol. The highest BCUT2D eigenvalue weighted by atomic mass is 32.2. The maximum atomic E-state index is 11.0. The van der Waals surface area contributed by atoms with E-state index in [4.69, 9.17) is 17.5 Å². The van der Waals surface area contributed by atoms with E-state index >= 15 is 0 Å². The molecule has 0 rings (SSSR count). The van der Waals surface area contributed by atoms with Crippen LogP contribution in [-0.2, 0) is 9.53 Å². The number of hydrogen-bond acceptors (Lipinski definition) is 6. The number of esters is 1. The molecule has 6 heteroatoms. The van der Waals surface area contributed by atoms with Gasteiger partial charge in [-0.15, -0.1) is 11.8 Å². The first-order valence-corrected chi connectivity index (χ1v) is 6.67. The molecule has 0 unspecified atom stereocenters. The van der Waals surface area contributed by atoms with Crippen molar-refractivity contribution in [1.82, 2.24) is 0 Å². The lowest BCUT2D eigenvalue weighted by Crippen LogP contribution is -2.20. The maximum absolute atomic E-state index is 11.0. The first kappa shape index (κ1) is 14.8. The van der Waals surface area contributed by atoms with Crippen molar-refractivity contribution in [3.05, 3.63) is 0 Å². The standard InChI is InChI=1S/C9H13NO2S3/c1-9(6-10,15-8(13)14-3)5-4-7(11)12-2/h4-5H2,1-3H3/t9-/m0/s1. The van der Waals surface area contributed by atoms with Gasteiger partial charge >= 0.3 is 5.97 Å². The molecule has 3 nitrogen and oxygen atoms in total. The van der Waals surface area contributed by atoms with Gasteiger partial charge in [0.25, 0.3) is 0 Å². The van der Waals surface area contributed by atoms with Crippen molar-refractivity contribution in [2.75, 3.05) is 13.4 Å². The lowest BCUT2D eigenvalue weighted by molar-refractivity contribution is -0.140. The molecule has 1 atom stereocenters. The average molecular weight is 263 g/mol. The van der Waals surface area contributed by atoms with Crippen LogP contribution in [0.1, 0.15) is 19.8 Å². The Morgan fingerprint density at radius 3 is 2.67 bits per heavy atom. The minimum absolute atomic E-state index is 0.241. The van der Waals surface area contributed by atoms with Gasteiger partial charge in [0, 0.05) is 6.42 Å². The number of ether oxygens (including phenoxy) is 1. The second-order valence-corrected chi connectivity index (χ2v) is 6.49. The average Bonchev–Trinajstić information content (AvgIpc) is 2.25. The van der Waals surface area contributed by atoms with E-state index < -0.39 is 4.75 Å². The Morgan fingerprint density at radius 1 is 1.67 bits per heavy atom. The largest absolute Gasteiger partial charge is 0.469 e. The Balaban J connectivity index is 4.26. The molecule has 0 aromatic carbocycles. The molecule has 0 aromatic heterocycles. The summed E-state index contributed by atoms with van der Waals surface area (Å²) in [5.41, 5.74) is 0. The summed E-state index contributed by atoms with van der Waals surface area (Å²) < 4.78 is 4.59. The highest BCUT2D eigenvalue weighted by molar-refractivity contribution is 8.47. The molecular formula is C9H13NO2S3. The number of hydrogen-bond donors (Lipinski definition) is 0. The van der Waals surface area contributed by atoms with Crippen LogP contribution in [0.15, 0.2) is 0 Å². The molecule has 0 N–H and O–H groups in total. The van der Waals surface area contributed by atoms with Crippen LogP contribution in [0, 0.1) is 11.3 Å². The van der Waals surface area contributed by atoms with Gasteiger partial charge in [0.1, 0.15) is 8.28 Å². The van der Waals surface area contributed by atoms with Gasteiger partial charge in [0.05, 0.1) is 13.2 Å². The highest BCUT2D eigenvalue weighted by Crippen LogP contribution is 2.33. The summed E-state index contributed by atoms with van der Waals surface area (Å²) in [6.45, 7) is 1.78. The number of thioether (sulfide) groups is 2. The van der Waals surface area contributed by atoms with Crippen molar-refractivity contribution in [1.29, 1.82) is 5.26 Å². The Morgan fingerprint density at radius 2 is 2.27 bits per heavy atom. The second kappa shape index (κ2) is 7.09. The molecule has 0 amide bonds. The van der Waals surface area contributed by atoms with Crippen LogP contribution in [0.2, 0.25) is 0 Å². The van der Waals surface area contributed by atoms with E-state index in [1.807, 2.05) is 6.26 Å². The first-order chi connectivity index (χ1) is 6.97. The number of carbonyl (C=O) groups excluding carboxylic acids is 1. The zero-order valence-electron chi connectivity index (χ0n) is 8.90. The van der Waals surface area contributed by atoms with Crippen LogP contribution in [0.3, 0.4) is 0 Å². The van der Waals surface area contributed by atoms with E-state index in [0.29, 0.717) is 9.95 Å². The van der Waals surface area contributed by atoms with Gasteiger partial charge < -0.3 is 4.74 Å². The van der Waals surface area contributed by atoms with Crippen molar-refractivity contribution in [3.63, 3.8) is 0 Å². The Kier molecular flexibility index (Phi) is 6.98. The van der Waals surface area contributed by atoms with E-state index in [9.17, 15) is 4.79 Å². The molecule has 0 aliphatic heterocycles. The SMILES string of the molecule is COC(=O)CC[C@@](C)(C#N)SC(=S)SC. The smallest absolute Gasteiger partial charge is 0.305 e. The summed E-state index contributed by atoms with van der Waals surface area (Å²) in [5.74, 6) is -0.299. The second-order valence-electron chi connectivity index (χ2n) is 2.97. The highest BCUT2D eigenvalue weighted by Gasteiger charge is 2.27. The topological polar surface area (TPSA) is 50.1 Å². The molecule has 0 aromatic rings. The first-order valence-electron chi connectivity index (χ1n) is 4.22. The van der Waals surface area contributed by atoms with Crippen molar-refractivity contribution >= 4 is 45.2 Å². The molecule has 0 aliphatic carbocycles. The summed E-state index contributed by atoms with van der Waals surface area (Å²) in [6.07, 6.45) is 2.56. The Bertz CT molecular complexity index is 288. The summed E-state index contributed by atoms with van der Waals surface area (Å²) >= 11 is 7.80. The van der Waals surface area contributed by atoms with Gasteiger partial charge in [0.15, 0.2) is 0 Å². The zero-order valence-corrected chi connectivity index (χ0v) is 11.4. The summed E-state index contributed by atoms with van der Waals surface area (Å²) in [7, 11) is 1.34. The van der Waals surface area contributed by atoms with Crippen molar-refractivity contribution < 1.29 is 9.53 Å². The molecule has 0 saturated heterocycles. The monoisotopic (exact) mass is 263 g/mol. The molecule has 0 saturated carbocycles. The fourth-order valence-corrected chi connectivity index (χ4v) is 2.85. The third-order valence-corrected chi connectivity index (χ3v) is 4.49. The number of methoxy groups -OCH3 is 1. The molecule has 15 heavy (non-hydrogen) atoms. The van der Waals surface area contributed by atoms with E-state index in [-0.39, 0.29) is 12.4 Å². The molecule has 0 fully saturated rings. The molecule has 0 bridgehead atoms. The number of nitrogens with zero attached hydrogens (tertiary/aromatic N) is 1. The van der Waals surface area contributed by atoms with Crippen LogP contribution in [0.5, 0.6) is 0 Å². The van der Waals surface area contributed by atoms with E-state index in [0.717, 1.165) is 0 Å². The number of thiocarbonyl (C=S) groups is 1. The predicted octanol–water partition coefficient (Wildman–Crippen LogP) is 2.60.